The van der Waals surface area contributed by atoms with Crippen LogP contribution in [0.4, 0.5) is 26.3 Å². The van der Waals surface area contributed by atoms with E-state index in [0.717, 1.165) is 69.6 Å². The summed E-state index contributed by atoms with van der Waals surface area (Å²) in [5.74, 6) is -6.31. The highest BCUT2D eigenvalue weighted by Gasteiger charge is 2.31. The normalized spacial score (nSPS) is 22.0. The fourth-order valence-electron chi connectivity index (χ4n) is 6.42. The van der Waals surface area contributed by atoms with Gasteiger partial charge in [-0.2, -0.15) is 0 Å². The number of rotatable bonds is 4. The van der Waals surface area contributed by atoms with Gasteiger partial charge < -0.3 is 9.47 Å². The predicted molar refractivity (Wildman–Crippen MR) is 149 cm³/mol. The molecule has 0 aromatic heterocycles. The zero-order valence-electron chi connectivity index (χ0n) is 23.5. The van der Waals surface area contributed by atoms with Gasteiger partial charge >= 0.3 is 0 Å². The van der Waals surface area contributed by atoms with Crippen LogP contribution in [0.3, 0.4) is 0 Å². The van der Waals surface area contributed by atoms with Crippen LogP contribution in [-0.2, 0) is 9.47 Å². The molecule has 1 heterocycles. The van der Waals surface area contributed by atoms with Gasteiger partial charge in [0.05, 0.1) is 13.2 Å². The maximum absolute atomic E-state index is 13.3. The summed E-state index contributed by atoms with van der Waals surface area (Å²) in [5.41, 5.74) is 2.89. The second-order valence-corrected chi connectivity index (χ2v) is 11.6. The van der Waals surface area contributed by atoms with Gasteiger partial charge in [-0.15, -0.1) is 0 Å². The molecule has 0 radical (unpaired) electrons. The minimum Gasteiger partial charge on any atom is -0.352 e. The van der Waals surface area contributed by atoms with Gasteiger partial charge in [0, 0.05) is 5.92 Å². The van der Waals surface area contributed by atoms with Crippen molar-refractivity contribution >= 4 is 0 Å². The maximum Gasteiger partial charge on any atom is 0.194 e. The van der Waals surface area contributed by atoms with Crippen molar-refractivity contribution < 1.29 is 35.8 Å². The summed E-state index contributed by atoms with van der Waals surface area (Å²) in [6.45, 7) is 1.47. The molecule has 0 N–H and O–H groups in total. The average molecular weight is 591 g/mol. The minimum absolute atomic E-state index is 0.0782. The van der Waals surface area contributed by atoms with E-state index in [2.05, 4.69) is 0 Å². The van der Waals surface area contributed by atoms with Crippen LogP contribution in [0.2, 0.25) is 0 Å². The number of hydrogen-bond donors (Lipinski definition) is 0. The van der Waals surface area contributed by atoms with Crippen LogP contribution >= 0.6 is 0 Å². The van der Waals surface area contributed by atoms with E-state index in [1.165, 1.54) is 37.7 Å². The molecule has 0 bridgehead atoms. The molecule has 3 fully saturated rings. The summed E-state index contributed by atoms with van der Waals surface area (Å²) in [4.78, 5) is 0. The van der Waals surface area contributed by atoms with Crippen molar-refractivity contribution in [1.29, 1.82) is 0 Å². The second-order valence-electron chi connectivity index (χ2n) is 11.6. The van der Waals surface area contributed by atoms with Crippen molar-refractivity contribution in [3.05, 3.63) is 94.6 Å². The number of hydrogen-bond acceptors (Lipinski definition) is 2. The predicted octanol–water partition coefficient (Wildman–Crippen LogP) is 9.96. The Kier molecular flexibility index (Phi) is 10.3. The molecule has 226 valence electrons. The molecular formula is C34H36F6O2. The molecule has 0 atom stereocenters. The Balaban J connectivity index is 0.000000168. The van der Waals surface area contributed by atoms with Crippen molar-refractivity contribution in [3.8, 4) is 11.1 Å². The van der Waals surface area contributed by atoms with E-state index in [-0.39, 0.29) is 12.2 Å². The Bertz CT molecular complexity index is 1280. The lowest BCUT2D eigenvalue weighted by atomic mass is 9.78. The van der Waals surface area contributed by atoms with Crippen molar-refractivity contribution in [2.75, 3.05) is 13.2 Å². The van der Waals surface area contributed by atoms with Gasteiger partial charge in [0.1, 0.15) is 0 Å². The summed E-state index contributed by atoms with van der Waals surface area (Å²) in [7, 11) is 0. The highest BCUT2D eigenvalue weighted by atomic mass is 19.2. The molecule has 2 saturated carbocycles. The molecule has 42 heavy (non-hydrogen) atoms. The lowest BCUT2D eigenvalue weighted by Crippen LogP contribution is -2.34. The van der Waals surface area contributed by atoms with E-state index >= 15 is 0 Å². The Labute approximate surface area is 243 Å². The van der Waals surface area contributed by atoms with E-state index in [4.69, 9.17) is 9.47 Å². The first-order valence-corrected chi connectivity index (χ1v) is 14.9. The van der Waals surface area contributed by atoms with Gasteiger partial charge in [-0.1, -0.05) is 43.5 Å². The topological polar surface area (TPSA) is 18.5 Å². The first-order chi connectivity index (χ1) is 20.3. The Morgan fingerprint density at radius 2 is 0.976 bits per heavy atom. The van der Waals surface area contributed by atoms with Gasteiger partial charge in [0.25, 0.3) is 0 Å². The average Bonchev–Trinajstić information content (AvgIpc) is 3.03. The summed E-state index contributed by atoms with van der Waals surface area (Å²) in [6.07, 6.45) is 10.5. The van der Waals surface area contributed by atoms with Crippen LogP contribution in [0.1, 0.15) is 87.2 Å². The molecule has 1 aliphatic heterocycles. The first-order valence-electron chi connectivity index (χ1n) is 14.9. The zero-order valence-corrected chi connectivity index (χ0v) is 23.5. The van der Waals surface area contributed by atoms with Gasteiger partial charge in [-0.25, -0.2) is 26.3 Å². The fraction of sp³-hybridized carbons (Fsp3) is 0.471. The van der Waals surface area contributed by atoms with Crippen LogP contribution in [0, 0.1) is 40.8 Å². The molecule has 3 aliphatic rings. The molecule has 8 heteroatoms. The Morgan fingerprint density at radius 1 is 0.476 bits per heavy atom. The smallest absolute Gasteiger partial charge is 0.194 e. The van der Waals surface area contributed by atoms with Crippen LogP contribution in [0.25, 0.3) is 11.1 Å². The fourth-order valence-corrected chi connectivity index (χ4v) is 6.42. The Morgan fingerprint density at radius 3 is 1.52 bits per heavy atom. The van der Waals surface area contributed by atoms with E-state index in [1.807, 2.05) is 24.3 Å². The second kappa shape index (κ2) is 14.1. The molecule has 1 saturated heterocycles. The monoisotopic (exact) mass is 590 g/mol. The van der Waals surface area contributed by atoms with Gasteiger partial charge in [0.2, 0.25) is 0 Å². The quantitative estimate of drug-likeness (QED) is 0.222. The van der Waals surface area contributed by atoms with Crippen LogP contribution in [-0.4, -0.2) is 19.5 Å². The standard InChI is InChI=1S/C18H17F3.C16H19F3O2/c19-16-10-15(11-17(20)18(16)21)14-8-6-13(7-9-14)12-4-2-1-3-5-12;17-13-8-12(9-14(18)15(13)19)10-2-4-11(5-3-10)16-20-6-1-7-21-16/h6-12H,1-5H2;8-11,16H,1-7H2. The molecule has 2 nitrogen and oxygen atoms in total. The van der Waals surface area contributed by atoms with Crippen LogP contribution < -0.4 is 0 Å². The van der Waals surface area contributed by atoms with Crippen molar-refractivity contribution in [2.45, 2.75) is 82.3 Å². The van der Waals surface area contributed by atoms with Gasteiger partial charge in [-0.3, -0.25) is 0 Å². The van der Waals surface area contributed by atoms with Gasteiger partial charge in [0.15, 0.2) is 41.2 Å². The van der Waals surface area contributed by atoms with Crippen molar-refractivity contribution in [3.63, 3.8) is 0 Å². The maximum atomic E-state index is 13.3. The molecule has 2 aliphatic carbocycles. The molecular weight excluding hydrogens is 554 g/mol. The molecule has 0 spiro atoms. The van der Waals surface area contributed by atoms with E-state index in [0.29, 0.717) is 28.5 Å². The molecule has 6 rings (SSSR count). The van der Waals surface area contributed by atoms with E-state index < -0.39 is 34.9 Å². The SMILES string of the molecule is Fc1cc(-c2ccc(C3CCCCC3)cc2)cc(F)c1F.Fc1cc(C2CCC(C3OCCCO3)CC2)cc(F)c1F. The third-order valence-electron chi connectivity index (χ3n) is 8.79. The highest BCUT2D eigenvalue weighted by molar-refractivity contribution is 5.64. The highest BCUT2D eigenvalue weighted by Crippen LogP contribution is 2.39. The molecule has 0 amide bonds. The zero-order chi connectivity index (χ0) is 29.6. The molecule has 3 aromatic carbocycles. The van der Waals surface area contributed by atoms with Crippen molar-refractivity contribution in [1.82, 2.24) is 0 Å². The molecule has 0 unspecified atom stereocenters. The number of benzene rings is 3. The largest absolute Gasteiger partial charge is 0.352 e. The number of ether oxygens (including phenoxy) is 2. The third-order valence-corrected chi connectivity index (χ3v) is 8.79. The molecule has 3 aromatic rings. The van der Waals surface area contributed by atoms with E-state index in [1.54, 1.807) is 0 Å². The lowest BCUT2D eigenvalue weighted by molar-refractivity contribution is -0.209. The van der Waals surface area contributed by atoms with Crippen LogP contribution in [0.15, 0.2) is 48.5 Å². The van der Waals surface area contributed by atoms with Gasteiger partial charge in [-0.05, 0) is 103 Å². The summed E-state index contributed by atoms with van der Waals surface area (Å²) >= 11 is 0. The van der Waals surface area contributed by atoms with Crippen LogP contribution in [0.5, 0.6) is 0 Å². The minimum atomic E-state index is -1.42. The summed E-state index contributed by atoms with van der Waals surface area (Å²) < 4.78 is 90.4. The Hall–Kier alpha value is -2.84. The van der Waals surface area contributed by atoms with Crippen molar-refractivity contribution in [2.24, 2.45) is 5.92 Å². The third kappa shape index (κ3) is 7.38. The van der Waals surface area contributed by atoms with E-state index in [9.17, 15) is 26.3 Å². The summed E-state index contributed by atoms with van der Waals surface area (Å²) in [5, 5.41) is 0. The lowest BCUT2D eigenvalue weighted by Gasteiger charge is -2.35. The number of halogens is 6. The first kappa shape index (κ1) is 30.6. The summed E-state index contributed by atoms with van der Waals surface area (Å²) in [6, 6.07) is 12.1.